The summed E-state index contributed by atoms with van der Waals surface area (Å²) in [6.07, 6.45) is 0. The molecule has 2 nitrogen and oxygen atoms in total. The second-order valence-electron chi connectivity index (χ2n) is 4.01. The summed E-state index contributed by atoms with van der Waals surface area (Å²) >= 11 is 3.47. The summed E-state index contributed by atoms with van der Waals surface area (Å²) in [4.78, 5) is 2.53. The molecule has 1 fully saturated rings. The van der Waals surface area contributed by atoms with E-state index in [2.05, 4.69) is 57.3 Å². The smallest absolute Gasteiger partial charge is 0.0320 e. The van der Waals surface area contributed by atoms with Crippen LogP contribution in [0.1, 0.15) is 18.5 Å². The normalized spacial score (nSPS) is 18.9. The predicted molar refractivity (Wildman–Crippen MR) is 74.2 cm³/mol. The summed E-state index contributed by atoms with van der Waals surface area (Å²) in [5.74, 6) is 0. The molecule has 0 bridgehead atoms. The van der Waals surface area contributed by atoms with E-state index < -0.39 is 0 Å². The molecule has 16 heavy (non-hydrogen) atoms. The van der Waals surface area contributed by atoms with Crippen molar-refractivity contribution >= 4 is 28.3 Å². The van der Waals surface area contributed by atoms with Gasteiger partial charge in [0.15, 0.2) is 0 Å². The van der Waals surface area contributed by atoms with Gasteiger partial charge >= 0.3 is 0 Å². The van der Waals surface area contributed by atoms with Gasteiger partial charge in [-0.2, -0.15) is 0 Å². The maximum Gasteiger partial charge on any atom is 0.0320 e. The fraction of sp³-hybridized carbons (Fsp3) is 0.500. The molecule has 0 amide bonds. The van der Waals surface area contributed by atoms with Gasteiger partial charge < -0.3 is 5.32 Å². The highest BCUT2D eigenvalue weighted by Gasteiger charge is 2.17. The molecule has 1 unspecified atom stereocenters. The summed E-state index contributed by atoms with van der Waals surface area (Å²) in [5.41, 5.74) is 1.40. The number of hydrogen-bond donors (Lipinski definition) is 1. The van der Waals surface area contributed by atoms with Crippen LogP contribution < -0.4 is 5.32 Å². The largest absolute Gasteiger partial charge is 0.314 e. The SMILES string of the molecule is CC(c1ccc(Br)cc1)N1CCNCC1.Cl. The molecule has 1 aromatic rings. The van der Waals surface area contributed by atoms with Crippen LogP contribution in [0.4, 0.5) is 0 Å². The lowest BCUT2D eigenvalue weighted by molar-refractivity contribution is 0.185. The van der Waals surface area contributed by atoms with E-state index in [0.29, 0.717) is 6.04 Å². The van der Waals surface area contributed by atoms with Crippen LogP contribution in [-0.2, 0) is 0 Å². The summed E-state index contributed by atoms with van der Waals surface area (Å²) in [6, 6.07) is 9.18. The molecule has 0 spiro atoms. The van der Waals surface area contributed by atoms with Gasteiger partial charge in [0.2, 0.25) is 0 Å². The Morgan fingerprint density at radius 2 is 1.75 bits per heavy atom. The standard InChI is InChI=1S/C12H17BrN2.ClH/c1-10(15-8-6-14-7-9-15)11-2-4-12(13)5-3-11;/h2-5,10,14H,6-9H2,1H3;1H. The monoisotopic (exact) mass is 304 g/mol. The number of benzene rings is 1. The van der Waals surface area contributed by atoms with Gasteiger partial charge in [-0.3, -0.25) is 4.90 Å². The fourth-order valence-corrected chi connectivity index (χ4v) is 2.29. The van der Waals surface area contributed by atoms with E-state index in [1.165, 1.54) is 5.56 Å². The number of piperazine rings is 1. The molecule has 1 N–H and O–H groups in total. The Hall–Kier alpha value is -0.0900. The summed E-state index contributed by atoms with van der Waals surface area (Å²) in [5, 5.41) is 3.38. The first-order valence-corrected chi connectivity index (χ1v) is 6.27. The van der Waals surface area contributed by atoms with Crippen molar-refractivity contribution in [2.24, 2.45) is 0 Å². The third-order valence-electron chi connectivity index (χ3n) is 3.05. The van der Waals surface area contributed by atoms with Crippen LogP contribution in [0.3, 0.4) is 0 Å². The number of halogens is 2. The average Bonchev–Trinajstić information content (AvgIpc) is 2.30. The van der Waals surface area contributed by atoms with Crippen LogP contribution >= 0.6 is 28.3 Å². The third-order valence-corrected chi connectivity index (χ3v) is 3.58. The highest BCUT2D eigenvalue weighted by molar-refractivity contribution is 9.10. The van der Waals surface area contributed by atoms with Crippen molar-refractivity contribution in [3.63, 3.8) is 0 Å². The van der Waals surface area contributed by atoms with Gasteiger partial charge in [-0.05, 0) is 24.6 Å². The van der Waals surface area contributed by atoms with Crippen molar-refractivity contribution in [2.75, 3.05) is 26.2 Å². The minimum Gasteiger partial charge on any atom is -0.314 e. The zero-order valence-electron chi connectivity index (χ0n) is 9.45. The van der Waals surface area contributed by atoms with Crippen LogP contribution in [0.15, 0.2) is 28.7 Å². The molecule has 0 saturated carbocycles. The van der Waals surface area contributed by atoms with Crippen LogP contribution in [0.5, 0.6) is 0 Å². The minimum atomic E-state index is 0. The lowest BCUT2D eigenvalue weighted by atomic mass is 10.1. The van der Waals surface area contributed by atoms with E-state index in [1.807, 2.05) is 0 Å². The van der Waals surface area contributed by atoms with Gasteiger partial charge in [-0.15, -0.1) is 12.4 Å². The second-order valence-corrected chi connectivity index (χ2v) is 4.93. The third kappa shape index (κ3) is 3.45. The maximum absolute atomic E-state index is 3.47. The summed E-state index contributed by atoms with van der Waals surface area (Å²) < 4.78 is 1.15. The Morgan fingerprint density at radius 1 is 1.19 bits per heavy atom. The lowest BCUT2D eigenvalue weighted by Gasteiger charge is -2.33. The lowest BCUT2D eigenvalue weighted by Crippen LogP contribution is -2.44. The van der Waals surface area contributed by atoms with Gasteiger partial charge in [0, 0.05) is 36.7 Å². The van der Waals surface area contributed by atoms with E-state index in [1.54, 1.807) is 0 Å². The first-order chi connectivity index (χ1) is 7.27. The summed E-state index contributed by atoms with van der Waals surface area (Å²) in [7, 11) is 0. The minimum absolute atomic E-state index is 0. The second kappa shape index (κ2) is 6.60. The molecule has 90 valence electrons. The molecule has 1 saturated heterocycles. The van der Waals surface area contributed by atoms with Gasteiger partial charge in [0.05, 0.1) is 0 Å². The zero-order chi connectivity index (χ0) is 10.7. The van der Waals surface area contributed by atoms with Crippen LogP contribution in [-0.4, -0.2) is 31.1 Å². The first kappa shape index (κ1) is 14.0. The molecule has 0 radical (unpaired) electrons. The van der Waals surface area contributed by atoms with Crippen molar-refractivity contribution in [1.82, 2.24) is 10.2 Å². The number of nitrogens with zero attached hydrogens (tertiary/aromatic N) is 1. The Balaban J connectivity index is 0.00000128. The van der Waals surface area contributed by atoms with Crippen molar-refractivity contribution in [2.45, 2.75) is 13.0 Å². The molecule has 1 atom stereocenters. The van der Waals surface area contributed by atoms with Crippen molar-refractivity contribution < 1.29 is 0 Å². The quantitative estimate of drug-likeness (QED) is 0.904. The highest BCUT2D eigenvalue weighted by Crippen LogP contribution is 2.22. The molecule has 1 aliphatic rings. The molecule has 0 aliphatic carbocycles. The van der Waals surface area contributed by atoms with Gasteiger partial charge in [-0.25, -0.2) is 0 Å². The Kier molecular flexibility index (Phi) is 5.76. The molecular weight excluding hydrogens is 288 g/mol. The van der Waals surface area contributed by atoms with E-state index in [4.69, 9.17) is 0 Å². The topological polar surface area (TPSA) is 15.3 Å². The van der Waals surface area contributed by atoms with E-state index in [0.717, 1.165) is 30.7 Å². The molecule has 4 heteroatoms. The molecule has 1 heterocycles. The van der Waals surface area contributed by atoms with E-state index in [-0.39, 0.29) is 12.4 Å². The molecule has 0 aromatic heterocycles. The first-order valence-electron chi connectivity index (χ1n) is 5.47. The van der Waals surface area contributed by atoms with E-state index >= 15 is 0 Å². The Labute approximate surface area is 112 Å². The zero-order valence-corrected chi connectivity index (χ0v) is 11.9. The fourth-order valence-electron chi connectivity index (χ4n) is 2.02. The molecular formula is C12H18BrClN2. The average molecular weight is 306 g/mol. The highest BCUT2D eigenvalue weighted by atomic mass is 79.9. The van der Waals surface area contributed by atoms with E-state index in [9.17, 15) is 0 Å². The predicted octanol–water partition coefficient (Wildman–Crippen LogP) is 2.84. The Morgan fingerprint density at radius 3 is 2.31 bits per heavy atom. The summed E-state index contributed by atoms with van der Waals surface area (Å²) in [6.45, 7) is 6.81. The van der Waals surface area contributed by atoms with Gasteiger partial charge in [0.1, 0.15) is 0 Å². The van der Waals surface area contributed by atoms with Gasteiger partial charge in [-0.1, -0.05) is 28.1 Å². The van der Waals surface area contributed by atoms with Crippen molar-refractivity contribution in [3.05, 3.63) is 34.3 Å². The number of nitrogens with one attached hydrogen (secondary N) is 1. The van der Waals surface area contributed by atoms with Crippen LogP contribution in [0.25, 0.3) is 0 Å². The molecule has 1 aromatic carbocycles. The Bertz CT molecular complexity index is 309. The van der Waals surface area contributed by atoms with Crippen molar-refractivity contribution in [1.29, 1.82) is 0 Å². The maximum atomic E-state index is 3.47. The van der Waals surface area contributed by atoms with Gasteiger partial charge in [0.25, 0.3) is 0 Å². The molecule has 2 rings (SSSR count). The van der Waals surface area contributed by atoms with Crippen LogP contribution in [0.2, 0.25) is 0 Å². The molecule has 1 aliphatic heterocycles. The number of hydrogen-bond acceptors (Lipinski definition) is 2. The van der Waals surface area contributed by atoms with Crippen LogP contribution in [0, 0.1) is 0 Å². The number of rotatable bonds is 2. The van der Waals surface area contributed by atoms with Crippen molar-refractivity contribution in [3.8, 4) is 0 Å².